The summed E-state index contributed by atoms with van der Waals surface area (Å²) < 4.78 is 5.89. The van der Waals surface area contributed by atoms with E-state index in [0.717, 1.165) is 22.2 Å². The van der Waals surface area contributed by atoms with Gasteiger partial charge < -0.3 is 9.73 Å². The molecule has 1 amide bonds. The Bertz CT molecular complexity index is 1330. The van der Waals surface area contributed by atoms with Crippen molar-refractivity contribution in [2.24, 2.45) is 0 Å². The highest BCUT2D eigenvalue weighted by atomic mass is 35.5. The van der Waals surface area contributed by atoms with Crippen LogP contribution in [0.5, 0.6) is 0 Å². The molecule has 0 aliphatic rings. The van der Waals surface area contributed by atoms with Gasteiger partial charge in [0.15, 0.2) is 10.7 Å². The zero-order chi connectivity index (χ0) is 22.1. The topological polar surface area (TPSA) is 67.2 Å². The van der Waals surface area contributed by atoms with Crippen LogP contribution in [0.4, 0.5) is 5.69 Å². The molecule has 4 aromatic rings. The van der Waals surface area contributed by atoms with Gasteiger partial charge in [0.1, 0.15) is 5.52 Å². The van der Waals surface area contributed by atoms with Crippen LogP contribution in [0.2, 0.25) is 5.02 Å². The molecular formula is C24H20ClN3O2S. The molecule has 1 heterocycles. The van der Waals surface area contributed by atoms with Crippen LogP contribution in [-0.2, 0) is 0 Å². The third-order valence-corrected chi connectivity index (χ3v) is 5.53. The molecule has 1 aromatic heterocycles. The molecule has 4 rings (SSSR count). The van der Waals surface area contributed by atoms with Gasteiger partial charge in [-0.3, -0.25) is 10.1 Å². The van der Waals surface area contributed by atoms with Crippen molar-refractivity contribution >= 4 is 51.6 Å². The van der Waals surface area contributed by atoms with Crippen molar-refractivity contribution in [1.29, 1.82) is 0 Å². The maximum Gasteiger partial charge on any atom is 0.257 e. The third kappa shape index (κ3) is 4.60. The number of carbonyl (C=O) groups is 1. The number of aromatic nitrogens is 1. The lowest BCUT2D eigenvalue weighted by atomic mass is 10.1. The highest BCUT2D eigenvalue weighted by Crippen LogP contribution is 2.32. The summed E-state index contributed by atoms with van der Waals surface area (Å²) in [6.45, 7) is 5.96. The molecule has 2 N–H and O–H groups in total. The first-order chi connectivity index (χ1) is 14.8. The van der Waals surface area contributed by atoms with E-state index in [4.69, 9.17) is 28.2 Å². The summed E-state index contributed by atoms with van der Waals surface area (Å²) in [4.78, 5) is 17.0. The van der Waals surface area contributed by atoms with Crippen molar-refractivity contribution in [3.8, 4) is 11.5 Å². The normalized spacial score (nSPS) is 10.8. The van der Waals surface area contributed by atoms with Gasteiger partial charge in [-0.1, -0.05) is 23.7 Å². The maximum absolute atomic E-state index is 12.5. The van der Waals surface area contributed by atoms with Crippen LogP contribution in [0.1, 0.15) is 27.0 Å². The van der Waals surface area contributed by atoms with E-state index in [1.807, 2.05) is 51.1 Å². The minimum Gasteiger partial charge on any atom is -0.436 e. The van der Waals surface area contributed by atoms with Crippen molar-refractivity contribution in [3.05, 3.63) is 81.9 Å². The van der Waals surface area contributed by atoms with Gasteiger partial charge in [-0.2, -0.15) is 0 Å². The van der Waals surface area contributed by atoms with Crippen LogP contribution in [0, 0.1) is 20.8 Å². The first kappa shape index (κ1) is 21.0. The number of aryl methyl sites for hydroxylation is 3. The molecule has 0 atom stereocenters. The average Bonchev–Trinajstić information content (AvgIpc) is 3.14. The molecule has 156 valence electrons. The fourth-order valence-electron chi connectivity index (χ4n) is 3.13. The van der Waals surface area contributed by atoms with Crippen LogP contribution in [0.25, 0.3) is 22.6 Å². The van der Waals surface area contributed by atoms with E-state index < -0.39 is 0 Å². The SMILES string of the molecule is Cc1ccc2nc(-c3cc(NC(=S)NC(=O)c4ccc(C)c(C)c4)ccc3Cl)oc2c1. The quantitative estimate of drug-likeness (QED) is 0.364. The number of fused-ring (bicyclic) bond motifs is 1. The standard InChI is InChI=1S/C24H20ClN3O2S/c1-13-4-9-20-21(10-13)30-23(27-20)18-12-17(7-8-19(18)25)26-24(31)28-22(29)16-6-5-14(2)15(3)11-16/h4-12H,1-3H3,(H2,26,28,29,31). The number of anilines is 1. The van der Waals surface area contributed by atoms with Gasteiger partial charge in [-0.05, 0) is 92.1 Å². The number of carbonyl (C=O) groups excluding carboxylic acids is 1. The van der Waals surface area contributed by atoms with Crippen molar-refractivity contribution in [3.63, 3.8) is 0 Å². The summed E-state index contributed by atoms with van der Waals surface area (Å²) in [5.41, 5.74) is 6.54. The maximum atomic E-state index is 12.5. The summed E-state index contributed by atoms with van der Waals surface area (Å²) in [7, 11) is 0. The molecule has 3 aromatic carbocycles. The summed E-state index contributed by atoms with van der Waals surface area (Å²) in [5.74, 6) is 0.142. The third-order valence-electron chi connectivity index (χ3n) is 4.99. The summed E-state index contributed by atoms with van der Waals surface area (Å²) >= 11 is 11.7. The van der Waals surface area contributed by atoms with Crippen molar-refractivity contribution < 1.29 is 9.21 Å². The van der Waals surface area contributed by atoms with Gasteiger partial charge in [0.2, 0.25) is 5.89 Å². The highest BCUT2D eigenvalue weighted by Gasteiger charge is 2.14. The van der Waals surface area contributed by atoms with Crippen molar-refractivity contribution in [2.75, 3.05) is 5.32 Å². The molecule has 0 aliphatic heterocycles. The molecule has 0 spiro atoms. The Morgan fingerprint density at radius 1 is 1.00 bits per heavy atom. The van der Waals surface area contributed by atoms with E-state index >= 15 is 0 Å². The fraction of sp³-hybridized carbons (Fsp3) is 0.125. The molecule has 0 bridgehead atoms. The lowest BCUT2D eigenvalue weighted by Gasteiger charge is -2.11. The van der Waals surface area contributed by atoms with Crippen LogP contribution < -0.4 is 10.6 Å². The first-order valence-electron chi connectivity index (χ1n) is 9.67. The number of halogens is 1. The molecule has 7 heteroatoms. The van der Waals surface area contributed by atoms with Gasteiger partial charge in [0.25, 0.3) is 5.91 Å². The molecular weight excluding hydrogens is 430 g/mol. The van der Waals surface area contributed by atoms with Crippen LogP contribution >= 0.6 is 23.8 Å². The number of hydrogen-bond donors (Lipinski definition) is 2. The van der Waals surface area contributed by atoms with E-state index in [9.17, 15) is 4.79 Å². The highest BCUT2D eigenvalue weighted by molar-refractivity contribution is 7.80. The van der Waals surface area contributed by atoms with E-state index in [-0.39, 0.29) is 11.0 Å². The molecule has 0 radical (unpaired) electrons. The number of nitrogens with one attached hydrogen (secondary N) is 2. The second kappa shape index (κ2) is 8.49. The Kier molecular flexibility index (Phi) is 5.76. The number of benzene rings is 3. The van der Waals surface area contributed by atoms with Gasteiger partial charge in [-0.15, -0.1) is 0 Å². The predicted molar refractivity (Wildman–Crippen MR) is 129 cm³/mol. The van der Waals surface area contributed by atoms with Crippen molar-refractivity contribution in [2.45, 2.75) is 20.8 Å². The predicted octanol–water partition coefficient (Wildman–Crippen LogP) is 6.20. The Labute approximate surface area is 190 Å². The van der Waals surface area contributed by atoms with E-state index in [0.29, 0.717) is 33.3 Å². The fourth-order valence-corrected chi connectivity index (χ4v) is 3.54. The van der Waals surface area contributed by atoms with Crippen LogP contribution in [0.3, 0.4) is 0 Å². The monoisotopic (exact) mass is 449 g/mol. The second-order valence-corrected chi connectivity index (χ2v) is 8.21. The van der Waals surface area contributed by atoms with Gasteiger partial charge in [-0.25, -0.2) is 4.98 Å². The summed E-state index contributed by atoms with van der Waals surface area (Å²) in [5, 5.41) is 6.41. The second-order valence-electron chi connectivity index (χ2n) is 7.39. The van der Waals surface area contributed by atoms with Crippen molar-refractivity contribution in [1.82, 2.24) is 10.3 Å². The number of amides is 1. The molecule has 0 saturated carbocycles. The first-order valence-corrected chi connectivity index (χ1v) is 10.5. The number of oxazole rings is 1. The Balaban J connectivity index is 1.53. The molecule has 0 saturated heterocycles. The van der Waals surface area contributed by atoms with Crippen LogP contribution in [-0.4, -0.2) is 16.0 Å². The number of thiocarbonyl (C=S) groups is 1. The van der Waals surface area contributed by atoms with E-state index in [1.54, 1.807) is 24.3 Å². The molecule has 0 unspecified atom stereocenters. The van der Waals surface area contributed by atoms with E-state index in [1.165, 1.54) is 0 Å². The zero-order valence-electron chi connectivity index (χ0n) is 17.2. The van der Waals surface area contributed by atoms with Gasteiger partial charge in [0, 0.05) is 11.3 Å². The number of hydrogen-bond acceptors (Lipinski definition) is 4. The Morgan fingerprint density at radius 2 is 1.81 bits per heavy atom. The lowest BCUT2D eigenvalue weighted by Crippen LogP contribution is -2.34. The largest absolute Gasteiger partial charge is 0.436 e. The van der Waals surface area contributed by atoms with Gasteiger partial charge >= 0.3 is 0 Å². The number of rotatable bonds is 3. The summed E-state index contributed by atoms with van der Waals surface area (Å²) in [6, 6.07) is 16.6. The molecule has 0 fully saturated rings. The Morgan fingerprint density at radius 3 is 2.58 bits per heavy atom. The van der Waals surface area contributed by atoms with E-state index in [2.05, 4.69) is 15.6 Å². The van der Waals surface area contributed by atoms with Gasteiger partial charge in [0.05, 0.1) is 10.6 Å². The lowest BCUT2D eigenvalue weighted by molar-refractivity contribution is 0.0977. The molecule has 0 aliphatic carbocycles. The smallest absolute Gasteiger partial charge is 0.257 e. The minimum absolute atomic E-state index is 0.185. The number of nitrogens with zero attached hydrogens (tertiary/aromatic N) is 1. The molecule has 31 heavy (non-hydrogen) atoms. The summed E-state index contributed by atoms with van der Waals surface area (Å²) in [6.07, 6.45) is 0. The zero-order valence-corrected chi connectivity index (χ0v) is 18.8. The Hall–Kier alpha value is -3.22. The minimum atomic E-state index is -0.274. The van der Waals surface area contributed by atoms with Crippen LogP contribution in [0.15, 0.2) is 59.0 Å². The average molecular weight is 450 g/mol. The molecule has 5 nitrogen and oxygen atoms in total.